The van der Waals surface area contributed by atoms with Gasteiger partial charge in [-0.05, 0) is 18.1 Å². The minimum atomic E-state index is -0.329. The molecule has 130 valence electrons. The van der Waals surface area contributed by atoms with Crippen molar-refractivity contribution in [2.45, 2.75) is 32.2 Å². The van der Waals surface area contributed by atoms with Gasteiger partial charge in [0.15, 0.2) is 11.5 Å². The normalized spacial score (nSPS) is 16.6. The number of ether oxygens (including phenoxy) is 1. The van der Waals surface area contributed by atoms with Crippen LogP contribution in [0.3, 0.4) is 0 Å². The van der Waals surface area contributed by atoms with Crippen molar-refractivity contribution in [1.82, 2.24) is 5.01 Å². The van der Waals surface area contributed by atoms with E-state index in [0.29, 0.717) is 24.2 Å². The Balaban J connectivity index is 1.99. The predicted octanol–water partition coefficient (Wildman–Crippen LogP) is 3.88. The van der Waals surface area contributed by atoms with E-state index in [4.69, 9.17) is 4.74 Å². The zero-order valence-corrected chi connectivity index (χ0v) is 14.5. The van der Waals surface area contributed by atoms with E-state index in [2.05, 4.69) is 5.10 Å². The van der Waals surface area contributed by atoms with Crippen LogP contribution < -0.4 is 4.74 Å². The summed E-state index contributed by atoms with van der Waals surface area (Å²) in [6.45, 7) is 1.97. The summed E-state index contributed by atoms with van der Waals surface area (Å²) in [7, 11) is 1.51. The Labute approximate surface area is 147 Å². The highest BCUT2D eigenvalue weighted by molar-refractivity contribution is 6.03. The quantitative estimate of drug-likeness (QED) is 0.900. The number of amides is 1. The number of phenols is 1. The highest BCUT2D eigenvalue weighted by Gasteiger charge is 2.34. The van der Waals surface area contributed by atoms with Gasteiger partial charge in [-0.15, -0.1) is 0 Å². The molecule has 25 heavy (non-hydrogen) atoms. The van der Waals surface area contributed by atoms with Crippen molar-refractivity contribution in [2.75, 3.05) is 7.11 Å². The van der Waals surface area contributed by atoms with E-state index in [1.807, 2.05) is 49.4 Å². The van der Waals surface area contributed by atoms with Crippen LogP contribution in [-0.2, 0) is 4.79 Å². The summed E-state index contributed by atoms with van der Waals surface area (Å²) in [6.07, 6.45) is 1.73. The number of benzene rings is 2. The van der Waals surface area contributed by atoms with E-state index in [0.717, 1.165) is 17.7 Å². The third kappa shape index (κ3) is 3.36. The molecule has 1 aliphatic heterocycles. The molecule has 1 atom stereocenters. The third-order valence-electron chi connectivity index (χ3n) is 4.35. The number of methoxy groups -OCH3 is 1. The van der Waals surface area contributed by atoms with Crippen molar-refractivity contribution >= 4 is 11.6 Å². The minimum Gasteiger partial charge on any atom is -0.504 e. The number of hydrogen-bond donors (Lipinski definition) is 1. The highest BCUT2D eigenvalue weighted by atomic mass is 16.5. The molecule has 0 bridgehead atoms. The number of nitrogens with zero attached hydrogens (tertiary/aromatic N) is 2. The molecular weight excluding hydrogens is 316 g/mol. The first-order valence-corrected chi connectivity index (χ1v) is 8.46. The van der Waals surface area contributed by atoms with Crippen LogP contribution in [0.15, 0.2) is 53.6 Å². The second-order valence-corrected chi connectivity index (χ2v) is 6.02. The molecule has 0 fully saturated rings. The van der Waals surface area contributed by atoms with Crippen LogP contribution in [0.25, 0.3) is 0 Å². The van der Waals surface area contributed by atoms with E-state index >= 15 is 0 Å². The predicted molar refractivity (Wildman–Crippen MR) is 96.7 cm³/mol. The van der Waals surface area contributed by atoms with Crippen molar-refractivity contribution in [2.24, 2.45) is 5.10 Å². The zero-order chi connectivity index (χ0) is 17.8. The van der Waals surface area contributed by atoms with Crippen molar-refractivity contribution in [3.05, 3.63) is 59.7 Å². The number of aromatic hydroxyl groups is 1. The largest absolute Gasteiger partial charge is 0.504 e. The molecule has 5 heteroatoms. The SMILES string of the molecule is CCCC(=O)N1N=C(c2ccccc2)CC1c1cccc(OC)c1O. The second-order valence-electron chi connectivity index (χ2n) is 6.02. The summed E-state index contributed by atoms with van der Waals surface area (Å²) in [5.74, 6) is 0.419. The topological polar surface area (TPSA) is 62.1 Å². The molecule has 0 saturated heterocycles. The minimum absolute atomic E-state index is 0.0411. The van der Waals surface area contributed by atoms with Crippen LogP contribution in [0.5, 0.6) is 11.5 Å². The number of carbonyl (C=O) groups is 1. The Morgan fingerprint density at radius 2 is 2.00 bits per heavy atom. The summed E-state index contributed by atoms with van der Waals surface area (Å²) in [6, 6.07) is 14.8. The van der Waals surface area contributed by atoms with Crippen molar-refractivity contribution < 1.29 is 14.6 Å². The van der Waals surface area contributed by atoms with Gasteiger partial charge in [-0.2, -0.15) is 5.10 Å². The zero-order valence-electron chi connectivity index (χ0n) is 14.5. The molecule has 1 aliphatic rings. The first-order valence-electron chi connectivity index (χ1n) is 8.46. The molecule has 1 amide bonds. The van der Waals surface area contributed by atoms with E-state index in [-0.39, 0.29) is 17.7 Å². The van der Waals surface area contributed by atoms with Gasteiger partial charge in [0.1, 0.15) is 0 Å². The molecule has 0 aromatic heterocycles. The lowest BCUT2D eigenvalue weighted by Crippen LogP contribution is -2.26. The van der Waals surface area contributed by atoms with Crippen LogP contribution >= 0.6 is 0 Å². The van der Waals surface area contributed by atoms with Crippen LogP contribution in [0, 0.1) is 0 Å². The van der Waals surface area contributed by atoms with Crippen LogP contribution in [0.1, 0.15) is 43.4 Å². The number of para-hydroxylation sites is 1. The average molecular weight is 338 g/mol. The van der Waals surface area contributed by atoms with Crippen LogP contribution in [-0.4, -0.2) is 28.8 Å². The Hall–Kier alpha value is -2.82. The molecule has 1 N–H and O–H groups in total. The van der Waals surface area contributed by atoms with Gasteiger partial charge >= 0.3 is 0 Å². The maximum absolute atomic E-state index is 12.6. The van der Waals surface area contributed by atoms with E-state index in [9.17, 15) is 9.90 Å². The second kappa shape index (κ2) is 7.38. The fourth-order valence-electron chi connectivity index (χ4n) is 3.09. The van der Waals surface area contributed by atoms with Gasteiger partial charge in [-0.25, -0.2) is 5.01 Å². The van der Waals surface area contributed by atoms with Gasteiger partial charge in [0.2, 0.25) is 5.91 Å². The molecular formula is C20H22N2O3. The van der Waals surface area contributed by atoms with Crippen molar-refractivity contribution in [3.63, 3.8) is 0 Å². The lowest BCUT2D eigenvalue weighted by atomic mass is 9.97. The summed E-state index contributed by atoms with van der Waals surface area (Å²) in [4.78, 5) is 12.6. The molecule has 1 unspecified atom stereocenters. The monoisotopic (exact) mass is 338 g/mol. The number of phenolic OH excluding ortho intramolecular Hbond substituents is 1. The maximum atomic E-state index is 12.6. The molecule has 3 rings (SSSR count). The lowest BCUT2D eigenvalue weighted by molar-refractivity contribution is -0.133. The number of hydrogen-bond acceptors (Lipinski definition) is 4. The molecule has 0 spiro atoms. The van der Waals surface area contributed by atoms with Gasteiger partial charge in [0.25, 0.3) is 0 Å². The highest BCUT2D eigenvalue weighted by Crippen LogP contribution is 2.41. The fraction of sp³-hybridized carbons (Fsp3) is 0.300. The standard InChI is InChI=1S/C20H22N2O3/c1-3-8-19(23)22-17(15-11-7-12-18(25-2)20(15)24)13-16(21-22)14-9-5-4-6-10-14/h4-7,9-12,17,24H,3,8,13H2,1-2H3. The molecule has 5 nitrogen and oxygen atoms in total. The first kappa shape index (κ1) is 17.0. The summed E-state index contributed by atoms with van der Waals surface area (Å²) in [5.41, 5.74) is 2.48. The molecule has 0 saturated carbocycles. The molecule has 2 aromatic carbocycles. The number of carbonyl (C=O) groups excluding carboxylic acids is 1. The van der Waals surface area contributed by atoms with Gasteiger partial charge in [0, 0.05) is 18.4 Å². The van der Waals surface area contributed by atoms with E-state index < -0.39 is 0 Å². The van der Waals surface area contributed by atoms with Crippen molar-refractivity contribution in [3.8, 4) is 11.5 Å². The maximum Gasteiger partial charge on any atom is 0.243 e. The molecule has 1 heterocycles. The summed E-state index contributed by atoms with van der Waals surface area (Å²) >= 11 is 0. The van der Waals surface area contributed by atoms with Gasteiger partial charge in [-0.3, -0.25) is 4.79 Å². The molecule has 0 aliphatic carbocycles. The van der Waals surface area contributed by atoms with Crippen LogP contribution in [0.4, 0.5) is 0 Å². The van der Waals surface area contributed by atoms with E-state index in [1.54, 1.807) is 6.07 Å². The van der Waals surface area contributed by atoms with Gasteiger partial charge in [-0.1, -0.05) is 49.4 Å². The first-order chi connectivity index (χ1) is 12.2. The third-order valence-corrected chi connectivity index (χ3v) is 4.35. The Morgan fingerprint density at radius 1 is 1.24 bits per heavy atom. The number of rotatable bonds is 5. The van der Waals surface area contributed by atoms with Crippen molar-refractivity contribution in [1.29, 1.82) is 0 Å². The number of hydrazone groups is 1. The van der Waals surface area contributed by atoms with E-state index in [1.165, 1.54) is 12.1 Å². The Bertz CT molecular complexity index is 787. The van der Waals surface area contributed by atoms with Gasteiger partial charge < -0.3 is 9.84 Å². The average Bonchev–Trinajstić information content (AvgIpc) is 3.08. The van der Waals surface area contributed by atoms with Gasteiger partial charge in [0.05, 0.1) is 18.9 Å². The molecule has 0 radical (unpaired) electrons. The summed E-state index contributed by atoms with van der Waals surface area (Å²) < 4.78 is 5.21. The molecule has 2 aromatic rings. The lowest BCUT2D eigenvalue weighted by Gasteiger charge is -2.23. The Morgan fingerprint density at radius 3 is 2.68 bits per heavy atom. The fourth-order valence-corrected chi connectivity index (χ4v) is 3.09. The van der Waals surface area contributed by atoms with Crippen LogP contribution in [0.2, 0.25) is 0 Å². The smallest absolute Gasteiger partial charge is 0.243 e. The summed E-state index contributed by atoms with van der Waals surface area (Å²) in [5, 5.41) is 16.6. The Kier molecular flexibility index (Phi) is 5.03.